The maximum absolute atomic E-state index is 12.1. The van der Waals surface area contributed by atoms with Gasteiger partial charge in [0.2, 0.25) is 11.8 Å². The lowest BCUT2D eigenvalue weighted by Crippen LogP contribution is -1.96. The summed E-state index contributed by atoms with van der Waals surface area (Å²) in [6.45, 7) is 0.0969. The highest BCUT2D eigenvalue weighted by molar-refractivity contribution is 7.33. The second kappa shape index (κ2) is 11.4. The maximum Gasteiger partial charge on any atom is 0.698 e. The van der Waals surface area contributed by atoms with Crippen LogP contribution in [0.1, 0.15) is 11.4 Å². The summed E-state index contributed by atoms with van der Waals surface area (Å²) in [5.41, 5.74) is 4.61. The van der Waals surface area contributed by atoms with E-state index in [1.165, 1.54) is 0 Å². The monoisotopic (exact) mass is 477 g/mol. The number of hydrogen-bond acceptors (Lipinski definition) is 9. The molecule has 0 spiro atoms. The Morgan fingerprint density at radius 1 is 0.676 bits per heavy atom. The molecule has 10 heteroatoms. The van der Waals surface area contributed by atoms with Crippen molar-refractivity contribution in [1.82, 2.24) is 19.9 Å². The van der Waals surface area contributed by atoms with Crippen molar-refractivity contribution >= 4 is 8.25 Å². The van der Waals surface area contributed by atoms with Crippen LogP contribution in [0.25, 0.3) is 22.3 Å². The van der Waals surface area contributed by atoms with Gasteiger partial charge in [-0.15, -0.1) is 9.05 Å². The zero-order chi connectivity index (χ0) is 23.8. The molecule has 0 saturated heterocycles. The molecule has 172 valence electrons. The first-order valence-electron chi connectivity index (χ1n) is 10.3. The largest absolute Gasteiger partial charge is 0.698 e. The summed E-state index contributed by atoms with van der Waals surface area (Å²) in [6.07, 6.45) is 6.70. The second-order valence-electron chi connectivity index (χ2n) is 6.97. The minimum atomic E-state index is -2.34. The summed E-state index contributed by atoms with van der Waals surface area (Å²) in [7, 11) is 0.802. The third-order valence-corrected chi connectivity index (χ3v) is 5.52. The Labute approximate surface area is 197 Å². The Morgan fingerprint density at radius 3 is 1.53 bits per heavy atom. The average Bonchev–Trinajstić information content (AvgIpc) is 2.91. The van der Waals surface area contributed by atoms with E-state index in [-0.39, 0.29) is 13.2 Å². The van der Waals surface area contributed by atoms with E-state index in [1.807, 2.05) is 36.4 Å². The van der Waals surface area contributed by atoms with E-state index in [1.54, 1.807) is 51.1 Å². The van der Waals surface area contributed by atoms with E-state index < -0.39 is 8.25 Å². The molecule has 0 aliphatic carbocycles. The fourth-order valence-electron chi connectivity index (χ4n) is 3.16. The van der Waals surface area contributed by atoms with Gasteiger partial charge in [0.15, 0.2) is 0 Å². The molecule has 0 radical (unpaired) electrons. The van der Waals surface area contributed by atoms with Gasteiger partial charge in [-0.2, -0.15) is 0 Å². The Kier molecular flexibility index (Phi) is 7.83. The van der Waals surface area contributed by atoms with Crippen LogP contribution < -0.4 is 9.47 Å². The summed E-state index contributed by atoms with van der Waals surface area (Å²) in [5.74, 6) is 1.04. The first-order chi connectivity index (χ1) is 16.7. The summed E-state index contributed by atoms with van der Waals surface area (Å²) in [4.78, 5) is 17.1. The fraction of sp³-hybridized carbons (Fsp3) is 0.167. The number of methoxy groups -OCH3 is 2. The maximum atomic E-state index is 12.1. The fourth-order valence-corrected chi connectivity index (χ4v) is 3.71. The van der Waals surface area contributed by atoms with Crippen LogP contribution in [0.15, 0.2) is 73.3 Å². The van der Waals surface area contributed by atoms with E-state index in [2.05, 4.69) is 19.9 Å². The van der Waals surface area contributed by atoms with Gasteiger partial charge in [-0.25, -0.2) is 9.97 Å². The van der Waals surface area contributed by atoms with E-state index in [9.17, 15) is 4.57 Å². The first-order valence-corrected chi connectivity index (χ1v) is 11.4. The normalized spacial score (nSPS) is 10.6. The highest BCUT2D eigenvalue weighted by Crippen LogP contribution is 2.30. The van der Waals surface area contributed by atoms with E-state index >= 15 is 0 Å². The van der Waals surface area contributed by atoms with Crippen LogP contribution in [0.5, 0.6) is 11.8 Å². The predicted octanol–water partition coefficient (Wildman–Crippen LogP) is 5.01. The summed E-state index contributed by atoms with van der Waals surface area (Å²) < 4.78 is 33.3. The SMILES string of the molecule is COc1ncccc1-c1ccc(CO[P+](=O)OCc2ccc(-c3cccnc3OC)cn2)nc1. The van der Waals surface area contributed by atoms with Crippen LogP contribution in [0.3, 0.4) is 0 Å². The average molecular weight is 477 g/mol. The molecule has 0 N–H and O–H groups in total. The molecule has 0 aliphatic heterocycles. The van der Waals surface area contributed by atoms with Crippen molar-refractivity contribution in [2.75, 3.05) is 14.2 Å². The molecule has 0 unspecified atom stereocenters. The van der Waals surface area contributed by atoms with Crippen LogP contribution in [0.2, 0.25) is 0 Å². The topological polar surface area (TPSA) is 106 Å². The van der Waals surface area contributed by atoms with Crippen molar-refractivity contribution in [2.24, 2.45) is 0 Å². The van der Waals surface area contributed by atoms with Crippen LogP contribution >= 0.6 is 8.25 Å². The summed E-state index contributed by atoms with van der Waals surface area (Å²) in [6, 6.07) is 14.8. The number of pyridine rings is 4. The quantitative estimate of drug-likeness (QED) is 0.291. The third-order valence-electron chi connectivity index (χ3n) is 4.84. The van der Waals surface area contributed by atoms with Crippen LogP contribution in [0, 0.1) is 0 Å². The molecule has 4 aromatic rings. The Morgan fingerprint density at radius 2 is 1.15 bits per heavy atom. The van der Waals surface area contributed by atoms with Crippen LogP contribution in [0.4, 0.5) is 0 Å². The Bertz CT molecular complexity index is 1160. The number of rotatable bonds is 10. The Hall–Kier alpha value is -3.78. The molecule has 0 fully saturated rings. The highest BCUT2D eigenvalue weighted by atomic mass is 31.1. The van der Waals surface area contributed by atoms with Gasteiger partial charge in [-0.1, -0.05) is 12.1 Å². The third kappa shape index (κ3) is 5.77. The van der Waals surface area contributed by atoms with Crippen molar-refractivity contribution < 1.29 is 23.1 Å². The molecule has 0 aromatic carbocycles. The van der Waals surface area contributed by atoms with Crippen LogP contribution in [-0.4, -0.2) is 34.2 Å². The van der Waals surface area contributed by atoms with Crippen molar-refractivity contribution in [2.45, 2.75) is 13.2 Å². The van der Waals surface area contributed by atoms with E-state index in [0.717, 1.165) is 22.3 Å². The predicted molar refractivity (Wildman–Crippen MR) is 125 cm³/mol. The minimum absolute atomic E-state index is 0.0484. The lowest BCUT2D eigenvalue weighted by Gasteiger charge is -2.07. The van der Waals surface area contributed by atoms with Crippen molar-refractivity contribution in [3.05, 3.63) is 84.7 Å². The van der Waals surface area contributed by atoms with Crippen molar-refractivity contribution in [3.8, 4) is 34.0 Å². The highest BCUT2D eigenvalue weighted by Gasteiger charge is 2.21. The number of nitrogens with zero attached hydrogens (tertiary/aromatic N) is 4. The van der Waals surface area contributed by atoms with E-state index in [4.69, 9.17) is 18.5 Å². The lowest BCUT2D eigenvalue weighted by atomic mass is 10.1. The molecule has 4 rings (SSSR count). The molecule has 0 bridgehead atoms. The molecule has 0 saturated carbocycles. The van der Waals surface area contributed by atoms with Gasteiger partial charge in [0.25, 0.3) is 0 Å². The molecular weight excluding hydrogens is 455 g/mol. The first kappa shape index (κ1) is 23.4. The smallest absolute Gasteiger partial charge is 0.481 e. The van der Waals surface area contributed by atoms with Gasteiger partial charge >= 0.3 is 8.25 Å². The molecule has 34 heavy (non-hydrogen) atoms. The van der Waals surface area contributed by atoms with Crippen molar-refractivity contribution in [3.63, 3.8) is 0 Å². The molecule has 0 atom stereocenters. The van der Waals surface area contributed by atoms with E-state index in [0.29, 0.717) is 23.1 Å². The zero-order valence-corrected chi connectivity index (χ0v) is 19.5. The molecule has 4 aromatic heterocycles. The Balaban J connectivity index is 1.28. The van der Waals surface area contributed by atoms with Gasteiger partial charge in [-0.05, 0) is 36.4 Å². The van der Waals surface area contributed by atoms with Gasteiger partial charge in [0.05, 0.1) is 25.6 Å². The van der Waals surface area contributed by atoms with Gasteiger partial charge in [0, 0.05) is 51.6 Å². The van der Waals surface area contributed by atoms with Gasteiger partial charge in [-0.3, -0.25) is 9.97 Å². The minimum Gasteiger partial charge on any atom is -0.481 e. The molecule has 0 aliphatic rings. The zero-order valence-electron chi connectivity index (χ0n) is 18.6. The second-order valence-corrected chi connectivity index (χ2v) is 7.93. The van der Waals surface area contributed by atoms with Crippen molar-refractivity contribution in [1.29, 1.82) is 0 Å². The molecule has 9 nitrogen and oxygen atoms in total. The number of aromatic nitrogens is 4. The van der Waals surface area contributed by atoms with Crippen LogP contribution in [-0.2, 0) is 26.8 Å². The standard InChI is InChI=1S/C24H22N4O5P/c1-30-23-21(5-3-11-25-23)17-7-9-19(27-13-17)15-32-34(29)33-16-20-10-8-18(14-28-20)22-6-4-12-26-24(22)31-2/h3-14H,15-16H2,1-2H3/q+1. The lowest BCUT2D eigenvalue weighted by molar-refractivity contribution is 0.209. The molecule has 0 amide bonds. The summed E-state index contributed by atoms with van der Waals surface area (Å²) in [5, 5.41) is 0. The molecular formula is C24H22N4O5P+. The number of hydrogen-bond donors (Lipinski definition) is 0. The van der Waals surface area contributed by atoms with Gasteiger partial charge < -0.3 is 9.47 Å². The summed E-state index contributed by atoms with van der Waals surface area (Å²) >= 11 is 0. The molecule has 4 heterocycles. The van der Waals surface area contributed by atoms with Gasteiger partial charge in [0.1, 0.15) is 13.2 Å². The number of ether oxygens (including phenoxy) is 2.